The molecule has 4 fully saturated rings. The second kappa shape index (κ2) is 13.6. The average Bonchev–Trinajstić information content (AvgIpc) is 3.84. The maximum absolute atomic E-state index is 2.73. The number of benzene rings is 4. The highest BCUT2D eigenvalue weighted by Gasteiger charge is 2.57. The molecule has 4 saturated carbocycles. The van der Waals surface area contributed by atoms with Crippen LogP contribution in [0.3, 0.4) is 0 Å². The van der Waals surface area contributed by atoms with Crippen molar-refractivity contribution < 1.29 is 0 Å². The van der Waals surface area contributed by atoms with Gasteiger partial charge in [0.05, 0.1) is 16.6 Å². The lowest BCUT2D eigenvalue weighted by atomic mass is 9.61. The maximum atomic E-state index is 2.73. The van der Waals surface area contributed by atoms with Crippen LogP contribution in [-0.4, -0.2) is 16.6 Å². The monoisotopic (exact) mass is 640 g/mol. The highest BCUT2D eigenvalue weighted by atomic mass is 29.2. The van der Waals surface area contributed by atoms with Gasteiger partial charge in [-0.2, -0.15) is 0 Å². The zero-order chi connectivity index (χ0) is 31.0. The van der Waals surface area contributed by atoms with Crippen molar-refractivity contribution in [2.24, 2.45) is 35.5 Å². The van der Waals surface area contributed by atoms with E-state index in [2.05, 4.69) is 117 Å². The normalized spacial score (nSPS) is 33.5. The average molecular weight is 641 g/mol. The van der Waals surface area contributed by atoms with Crippen LogP contribution in [0.25, 0.3) is 10.8 Å². The van der Waals surface area contributed by atoms with E-state index in [1.165, 1.54) is 76.0 Å². The van der Waals surface area contributed by atoms with E-state index in [4.69, 9.17) is 0 Å². The third-order valence-electron chi connectivity index (χ3n) is 14.0. The van der Waals surface area contributed by atoms with Crippen molar-refractivity contribution in [2.75, 3.05) is 0 Å². The number of rotatable bonds is 9. The van der Waals surface area contributed by atoms with Crippen molar-refractivity contribution in [3.05, 3.63) is 109 Å². The molecule has 0 aliphatic heterocycles. The Balaban J connectivity index is 1.23. The van der Waals surface area contributed by atoms with Crippen molar-refractivity contribution in [2.45, 2.75) is 101 Å². The second-order valence-corrected chi connectivity index (χ2v) is 25.7. The van der Waals surface area contributed by atoms with Gasteiger partial charge >= 0.3 is 0 Å². The minimum Gasteiger partial charge on any atom is -0.0654 e. The molecule has 0 saturated heterocycles. The van der Waals surface area contributed by atoms with Gasteiger partial charge in [-0.05, 0) is 88.1 Å². The predicted molar refractivity (Wildman–Crippen MR) is 204 cm³/mol. The Hall–Kier alpha value is -2.43. The van der Waals surface area contributed by atoms with Crippen LogP contribution in [0.2, 0.25) is 11.1 Å². The second-order valence-electron chi connectivity index (χ2n) is 16.3. The van der Waals surface area contributed by atoms with Crippen molar-refractivity contribution >= 4 is 37.8 Å². The Morgan fingerprint density at radius 1 is 0.630 bits per heavy atom. The van der Waals surface area contributed by atoms with E-state index >= 15 is 0 Å². The van der Waals surface area contributed by atoms with E-state index in [0.717, 1.165) is 52.5 Å². The zero-order valence-electron chi connectivity index (χ0n) is 28.4. The molecule has 0 aromatic heterocycles. The molecule has 240 valence electrons. The molecule has 4 aliphatic rings. The molecule has 2 heteroatoms. The first-order chi connectivity index (χ1) is 22.7. The van der Waals surface area contributed by atoms with E-state index in [-0.39, 0.29) is 0 Å². The van der Waals surface area contributed by atoms with Crippen molar-refractivity contribution in [3.63, 3.8) is 0 Å². The summed E-state index contributed by atoms with van der Waals surface area (Å²) in [5, 5.41) is 6.65. The molecule has 11 unspecified atom stereocenters. The summed E-state index contributed by atoms with van der Waals surface area (Å²) in [5.41, 5.74) is 3.64. The molecular formula is C44H56Si2. The molecule has 0 amide bonds. The first-order valence-electron chi connectivity index (χ1n) is 19.3. The van der Waals surface area contributed by atoms with Gasteiger partial charge in [-0.3, -0.25) is 0 Å². The third kappa shape index (κ3) is 5.70. The molecule has 0 nitrogen and oxygen atoms in total. The Bertz CT molecular complexity index is 1580. The SMILES string of the molecule is CCCCC1CCC([SiH](c2ccccc2)[SiH](c2ccccc2)C2C(C)CC3C2CC2CCCC2C3c2cccc3ccccc23)C1. The lowest BCUT2D eigenvalue weighted by Crippen LogP contribution is -2.59. The fourth-order valence-corrected chi connectivity index (χ4v) is 29.7. The van der Waals surface area contributed by atoms with E-state index in [1.807, 2.05) is 10.4 Å². The number of unbranched alkanes of at least 4 members (excludes halogenated alkanes) is 1. The van der Waals surface area contributed by atoms with E-state index < -0.39 is 16.6 Å². The minimum atomic E-state index is -1.32. The lowest BCUT2D eigenvalue weighted by Gasteiger charge is -2.47. The van der Waals surface area contributed by atoms with Gasteiger partial charge < -0.3 is 0 Å². The summed E-state index contributed by atoms with van der Waals surface area (Å²) in [6.07, 6.45) is 16.2. The van der Waals surface area contributed by atoms with E-state index in [9.17, 15) is 0 Å². The van der Waals surface area contributed by atoms with Gasteiger partial charge in [-0.25, -0.2) is 0 Å². The largest absolute Gasteiger partial charge is 0.0705 e. The molecule has 4 aliphatic carbocycles. The molecule has 0 spiro atoms. The third-order valence-corrected chi connectivity index (χ3v) is 28.3. The summed E-state index contributed by atoms with van der Waals surface area (Å²) in [6.45, 7) is 5.12. The van der Waals surface area contributed by atoms with Gasteiger partial charge in [-0.1, -0.05) is 179 Å². The molecule has 46 heavy (non-hydrogen) atoms. The summed E-state index contributed by atoms with van der Waals surface area (Å²) in [6, 6.07) is 41.2. The molecule has 4 aromatic carbocycles. The van der Waals surface area contributed by atoms with Crippen molar-refractivity contribution in [3.8, 4) is 0 Å². The van der Waals surface area contributed by atoms with Crippen LogP contribution in [0, 0.1) is 35.5 Å². The van der Waals surface area contributed by atoms with Crippen LogP contribution in [0.15, 0.2) is 103 Å². The summed E-state index contributed by atoms with van der Waals surface area (Å²) in [5.74, 6) is 6.17. The number of hydrogen-bond donors (Lipinski definition) is 0. The number of hydrogen-bond acceptors (Lipinski definition) is 0. The fraction of sp³-hybridized carbons (Fsp3) is 0.500. The molecule has 4 aromatic rings. The van der Waals surface area contributed by atoms with E-state index in [1.54, 1.807) is 10.9 Å². The molecule has 0 radical (unpaired) electrons. The summed E-state index contributed by atoms with van der Waals surface area (Å²) >= 11 is 0. The fourth-order valence-electron chi connectivity index (χ4n) is 12.3. The molecule has 0 heterocycles. The highest BCUT2D eigenvalue weighted by molar-refractivity contribution is 7.34. The number of fused-ring (bicyclic) bond motifs is 3. The van der Waals surface area contributed by atoms with Gasteiger partial charge in [0.25, 0.3) is 0 Å². The topological polar surface area (TPSA) is 0 Å². The van der Waals surface area contributed by atoms with Crippen LogP contribution in [0.1, 0.15) is 96.0 Å². The van der Waals surface area contributed by atoms with Crippen LogP contribution >= 0.6 is 0 Å². The van der Waals surface area contributed by atoms with Gasteiger partial charge in [0.2, 0.25) is 0 Å². The molecular weight excluding hydrogens is 585 g/mol. The Morgan fingerprint density at radius 2 is 1.35 bits per heavy atom. The smallest absolute Gasteiger partial charge is 0.0654 e. The first kappa shape index (κ1) is 30.9. The van der Waals surface area contributed by atoms with Crippen molar-refractivity contribution in [1.82, 2.24) is 0 Å². The Kier molecular flexibility index (Phi) is 9.13. The van der Waals surface area contributed by atoms with Crippen molar-refractivity contribution in [1.29, 1.82) is 0 Å². The highest BCUT2D eigenvalue weighted by Crippen LogP contribution is 2.64. The molecule has 0 N–H and O–H groups in total. The maximum Gasteiger partial charge on any atom is 0.0705 e. The first-order valence-corrected chi connectivity index (χ1v) is 24.4. The van der Waals surface area contributed by atoms with Gasteiger partial charge in [0, 0.05) is 0 Å². The lowest BCUT2D eigenvalue weighted by molar-refractivity contribution is 0.123. The molecule has 11 atom stereocenters. The van der Waals surface area contributed by atoms with Gasteiger partial charge in [0.1, 0.15) is 0 Å². The Labute approximate surface area is 282 Å². The quantitative estimate of drug-likeness (QED) is 0.160. The summed E-state index contributed by atoms with van der Waals surface area (Å²) in [7, 11) is -2.56. The molecule has 8 rings (SSSR count). The summed E-state index contributed by atoms with van der Waals surface area (Å²) < 4.78 is 0. The van der Waals surface area contributed by atoms with Crippen LogP contribution in [0.4, 0.5) is 0 Å². The standard InChI is InChI=1S/C44H56Si2/c1-3-4-15-32-26-27-37(29-32)45(35-19-7-5-8-20-35)46(36-21-9-6-10-22-36)44-31(2)28-41-42(44)30-34-18-14-24-39(34)43(41)40-25-13-17-33-16-11-12-23-38(33)40/h5-13,16-17,19-23,25,31-32,34,37,39,41-46H,3-4,14-15,18,24,26-30H2,1-2H3. The Morgan fingerprint density at radius 3 is 2.13 bits per heavy atom. The predicted octanol–water partition coefficient (Wildman–Crippen LogP) is 10.1. The van der Waals surface area contributed by atoms with Crippen LogP contribution in [0.5, 0.6) is 0 Å². The van der Waals surface area contributed by atoms with E-state index in [0.29, 0.717) is 0 Å². The van der Waals surface area contributed by atoms with Gasteiger partial charge in [0.15, 0.2) is 0 Å². The molecule has 0 bridgehead atoms. The minimum absolute atomic E-state index is 0.747. The summed E-state index contributed by atoms with van der Waals surface area (Å²) in [4.78, 5) is 0. The van der Waals surface area contributed by atoms with Crippen LogP contribution < -0.4 is 10.4 Å². The van der Waals surface area contributed by atoms with Crippen LogP contribution in [-0.2, 0) is 0 Å². The zero-order valence-corrected chi connectivity index (χ0v) is 30.8. The van der Waals surface area contributed by atoms with Gasteiger partial charge in [-0.15, -0.1) is 0 Å².